The minimum absolute atomic E-state index is 0.285. The van der Waals surface area contributed by atoms with Crippen molar-refractivity contribution in [3.63, 3.8) is 0 Å². The Labute approximate surface area is 110 Å². The van der Waals surface area contributed by atoms with Crippen LogP contribution < -0.4 is 0 Å². The smallest absolute Gasteiger partial charge is 0.258 e. The van der Waals surface area contributed by atoms with Crippen molar-refractivity contribution in [3.05, 3.63) is 34.4 Å². The summed E-state index contributed by atoms with van der Waals surface area (Å²) in [7, 11) is -3.84. The third-order valence-corrected chi connectivity index (χ3v) is 5.71. The van der Waals surface area contributed by atoms with E-state index < -0.39 is 31.6 Å². The van der Waals surface area contributed by atoms with Gasteiger partial charge in [-0.15, -0.1) is 0 Å². The van der Waals surface area contributed by atoms with E-state index in [0.717, 1.165) is 0 Å². The molecule has 7 heteroatoms. The number of hydrogen-bond acceptors (Lipinski definition) is 5. The minimum atomic E-state index is -3.84. The first kappa shape index (κ1) is 13.5. The lowest BCUT2D eigenvalue weighted by Crippen LogP contribution is -2.25. The van der Waals surface area contributed by atoms with Crippen LogP contribution in [0, 0.1) is 27.4 Å². The van der Waals surface area contributed by atoms with Gasteiger partial charge in [0.1, 0.15) is 4.90 Å². The van der Waals surface area contributed by atoms with Crippen LogP contribution in [-0.4, -0.2) is 18.6 Å². The molecule has 1 aromatic carbocycles. The van der Waals surface area contributed by atoms with Gasteiger partial charge in [0.05, 0.1) is 22.2 Å². The van der Waals surface area contributed by atoms with Gasteiger partial charge in [-0.25, -0.2) is 8.42 Å². The molecular weight excluding hydrogens is 268 g/mol. The van der Waals surface area contributed by atoms with Crippen molar-refractivity contribution in [2.24, 2.45) is 5.92 Å². The Morgan fingerprint density at radius 2 is 2.00 bits per heavy atom. The average Bonchev–Trinajstić information content (AvgIpc) is 2.87. The molecule has 0 N–H and O–H groups in total. The first-order valence-electron chi connectivity index (χ1n) is 5.85. The highest BCUT2D eigenvalue weighted by Gasteiger charge is 2.41. The molecule has 1 fully saturated rings. The molecule has 0 saturated heterocycles. The fourth-order valence-electron chi connectivity index (χ4n) is 2.46. The standard InChI is InChI=1S/C12H12N2O4S/c13-8-9-4-3-7-11(9)19(17,18)12-6-2-1-5-10(12)14(15)16/h1-2,5-6,9,11H,3-4,7H2. The van der Waals surface area contributed by atoms with Gasteiger partial charge in [-0.05, 0) is 18.9 Å². The van der Waals surface area contributed by atoms with E-state index in [0.29, 0.717) is 19.3 Å². The molecule has 100 valence electrons. The number of sulfone groups is 1. The number of hydrogen-bond donors (Lipinski definition) is 0. The topological polar surface area (TPSA) is 101 Å². The van der Waals surface area contributed by atoms with Crippen LogP contribution in [-0.2, 0) is 9.84 Å². The quantitative estimate of drug-likeness (QED) is 0.623. The predicted octanol–water partition coefficient (Wildman–Crippen LogP) is 2.06. The Bertz CT molecular complexity index is 648. The molecule has 0 bridgehead atoms. The second-order valence-corrected chi connectivity index (χ2v) is 6.61. The molecule has 1 saturated carbocycles. The van der Waals surface area contributed by atoms with Gasteiger partial charge < -0.3 is 0 Å². The molecule has 0 aromatic heterocycles. The normalized spacial score (nSPS) is 22.9. The van der Waals surface area contributed by atoms with Gasteiger partial charge >= 0.3 is 0 Å². The van der Waals surface area contributed by atoms with Crippen LogP contribution in [0.15, 0.2) is 29.2 Å². The van der Waals surface area contributed by atoms with Crippen LogP contribution in [0.25, 0.3) is 0 Å². The molecule has 0 heterocycles. The second-order valence-electron chi connectivity index (χ2n) is 4.47. The Balaban J connectivity index is 2.52. The number of nitro groups is 1. The predicted molar refractivity (Wildman–Crippen MR) is 67.0 cm³/mol. The van der Waals surface area contributed by atoms with Gasteiger partial charge in [0, 0.05) is 6.07 Å². The number of nitro benzene ring substituents is 1. The summed E-state index contributed by atoms with van der Waals surface area (Å²) in [5.41, 5.74) is -0.425. The first-order valence-corrected chi connectivity index (χ1v) is 7.40. The van der Waals surface area contributed by atoms with E-state index in [4.69, 9.17) is 5.26 Å². The van der Waals surface area contributed by atoms with Crippen LogP contribution >= 0.6 is 0 Å². The Morgan fingerprint density at radius 1 is 1.32 bits per heavy atom. The molecule has 2 unspecified atom stereocenters. The summed E-state index contributed by atoms with van der Waals surface area (Å²) in [5.74, 6) is -0.579. The van der Waals surface area contributed by atoms with Crippen LogP contribution in [0.2, 0.25) is 0 Å². The van der Waals surface area contributed by atoms with Crippen LogP contribution in [0.1, 0.15) is 19.3 Å². The Kier molecular flexibility index (Phi) is 3.53. The number of nitriles is 1. The highest BCUT2D eigenvalue weighted by atomic mass is 32.2. The molecule has 6 nitrogen and oxygen atoms in total. The zero-order valence-corrected chi connectivity index (χ0v) is 10.8. The fourth-order valence-corrected chi connectivity index (χ4v) is 4.59. The van der Waals surface area contributed by atoms with E-state index in [2.05, 4.69) is 0 Å². The van der Waals surface area contributed by atoms with Gasteiger partial charge in [-0.2, -0.15) is 5.26 Å². The first-order chi connectivity index (χ1) is 8.98. The lowest BCUT2D eigenvalue weighted by atomic mass is 10.1. The van der Waals surface area contributed by atoms with Crippen molar-refractivity contribution in [1.82, 2.24) is 0 Å². The molecule has 0 amide bonds. The Morgan fingerprint density at radius 3 is 2.63 bits per heavy atom. The molecule has 2 atom stereocenters. The van der Waals surface area contributed by atoms with Gasteiger partial charge in [-0.3, -0.25) is 10.1 Å². The summed E-state index contributed by atoms with van der Waals surface area (Å²) in [6.45, 7) is 0. The monoisotopic (exact) mass is 280 g/mol. The average molecular weight is 280 g/mol. The van der Waals surface area contributed by atoms with Gasteiger partial charge in [0.25, 0.3) is 5.69 Å². The third-order valence-electron chi connectivity index (χ3n) is 3.39. The second kappa shape index (κ2) is 4.97. The van der Waals surface area contributed by atoms with Crippen molar-refractivity contribution in [2.45, 2.75) is 29.4 Å². The fraction of sp³-hybridized carbons (Fsp3) is 0.417. The zero-order valence-electron chi connectivity index (χ0n) is 10.0. The SMILES string of the molecule is N#CC1CCCC1S(=O)(=O)c1ccccc1[N+](=O)[O-]. The van der Waals surface area contributed by atoms with Gasteiger partial charge in [0.2, 0.25) is 0 Å². The summed E-state index contributed by atoms with van der Waals surface area (Å²) in [6.07, 6.45) is 1.57. The molecule has 19 heavy (non-hydrogen) atoms. The molecule has 0 aliphatic heterocycles. The van der Waals surface area contributed by atoms with Crippen LogP contribution in [0.4, 0.5) is 5.69 Å². The zero-order chi connectivity index (χ0) is 14.0. The van der Waals surface area contributed by atoms with E-state index in [1.165, 1.54) is 24.3 Å². The summed E-state index contributed by atoms with van der Waals surface area (Å²) in [6, 6.07) is 7.27. The minimum Gasteiger partial charge on any atom is -0.258 e. The summed E-state index contributed by atoms with van der Waals surface area (Å²) < 4.78 is 24.9. The lowest BCUT2D eigenvalue weighted by Gasteiger charge is -2.14. The summed E-state index contributed by atoms with van der Waals surface area (Å²) >= 11 is 0. The van der Waals surface area contributed by atoms with Gasteiger partial charge in [-0.1, -0.05) is 18.6 Å². The number of rotatable bonds is 3. The maximum atomic E-state index is 12.5. The molecule has 1 aliphatic carbocycles. The highest BCUT2D eigenvalue weighted by molar-refractivity contribution is 7.92. The molecule has 2 rings (SSSR count). The van der Waals surface area contributed by atoms with Crippen molar-refractivity contribution in [3.8, 4) is 6.07 Å². The number of para-hydroxylation sites is 1. The molecule has 1 aromatic rings. The van der Waals surface area contributed by atoms with Gasteiger partial charge in [0.15, 0.2) is 9.84 Å². The third kappa shape index (κ3) is 2.31. The lowest BCUT2D eigenvalue weighted by molar-refractivity contribution is -0.387. The van der Waals surface area contributed by atoms with E-state index in [1.807, 2.05) is 6.07 Å². The summed E-state index contributed by atoms with van der Waals surface area (Å²) in [4.78, 5) is 9.92. The van der Waals surface area contributed by atoms with Crippen LogP contribution in [0.5, 0.6) is 0 Å². The van der Waals surface area contributed by atoms with Crippen molar-refractivity contribution in [1.29, 1.82) is 5.26 Å². The molecule has 0 spiro atoms. The van der Waals surface area contributed by atoms with Crippen LogP contribution in [0.3, 0.4) is 0 Å². The molecular formula is C12H12N2O4S. The largest absolute Gasteiger partial charge is 0.287 e. The highest BCUT2D eigenvalue weighted by Crippen LogP contribution is 2.36. The maximum Gasteiger partial charge on any atom is 0.287 e. The van der Waals surface area contributed by atoms with Crippen molar-refractivity contribution < 1.29 is 13.3 Å². The van der Waals surface area contributed by atoms with E-state index in [-0.39, 0.29) is 4.90 Å². The Hall–Kier alpha value is -1.94. The number of nitrogens with zero attached hydrogens (tertiary/aromatic N) is 2. The molecule has 1 aliphatic rings. The van der Waals surface area contributed by atoms with E-state index in [9.17, 15) is 18.5 Å². The van der Waals surface area contributed by atoms with Crippen molar-refractivity contribution in [2.75, 3.05) is 0 Å². The van der Waals surface area contributed by atoms with Crippen molar-refractivity contribution >= 4 is 15.5 Å². The van der Waals surface area contributed by atoms with E-state index in [1.54, 1.807) is 0 Å². The van der Waals surface area contributed by atoms with E-state index >= 15 is 0 Å². The maximum absolute atomic E-state index is 12.5. The summed E-state index contributed by atoms with van der Waals surface area (Å²) in [5, 5.41) is 19.1. The molecule has 0 radical (unpaired) electrons. The number of benzene rings is 1.